The third-order valence-corrected chi connectivity index (χ3v) is 3.44. The fourth-order valence-electron chi connectivity index (χ4n) is 1.94. The molecule has 23 heavy (non-hydrogen) atoms. The Morgan fingerprint density at radius 1 is 1.17 bits per heavy atom. The predicted molar refractivity (Wildman–Crippen MR) is 88.6 cm³/mol. The minimum absolute atomic E-state index is 0.0492. The molecule has 1 aromatic rings. The number of benzene rings is 1. The maximum Gasteiger partial charge on any atom is 0.339 e. The lowest BCUT2D eigenvalue weighted by molar-refractivity contribution is -0.119. The molecular formula is C16H21ClN2O4. The minimum atomic E-state index is -0.552. The third kappa shape index (κ3) is 7.15. The monoisotopic (exact) mass is 340 g/mol. The van der Waals surface area contributed by atoms with Crippen molar-refractivity contribution in [2.45, 2.75) is 32.6 Å². The molecule has 0 fully saturated rings. The molecule has 0 saturated carbocycles. The second kappa shape index (κ2) is 9.84. The quantitative estimate of drug-likeness (QED) is 0.563. The summed E-state index contributed by atoms with van der Waals surface area (Å²) >= 11 is 5.92. The molecule has 7 heteroatoms. The number of carbonyl (C=O) groups is 3. The summed E-state index contributed by atoms with van der Waals surface area (Å²) < 4.78 is 4.63. The van der Waals surface area contributed by atoms with Gasteiger partial charge in [0.1, 0.15) is 0 Å². The normalized spacial score (nSPS) is 10.0. The number of hydrogen-bond donors (Lipinski definition) is 2. The van der Waals surface area contributed by atoms with E-state index in [2.05, 4.69) is 15.4 Å². The average Bonchev–Trinajstić information content (AvgIpc) is 2.51. The summed E-state index contributed by atoms with van der Waals surface area (Å²) in [5.74, 6) is -0.737. The Bertz CT molecular complexity index is 575. The highest BCUT2D eigenvalue weighted by Gasteiger charge is 2.12. The first kappa shape index (κ1) is 19.0. The van der Waals surface area contributed by atoms with E-state index in [-0.39, 0.29) is 22.4 Å². The molecule has 0 heterocycles. The lowest BCUT2D eigenvalue weighted by Crippen LogP contribution is -2.20. The summed E-state index contributed by atoms with van der Waals surface area (Å²) in [7, 11) is 1.27. The van der Waals surface area contributed by atoms with Crippen molar-refractivity contribution in [3.05, 3.63) is 28.8 Å². The molecule has 0 atom stereocenters. The molecule has 2 N–H and O–H groups in total. The van der Waals surface area contributed by atoms with Crippen LogP contribution in [0.15, 0.2) is 18.2 Å². The molecule has 1 aromatic carbocycles. The van der Waals surface area contributed by atoms with E-state index in [1.165, 1.54) is 26.2 Å². The second-order valence-corrected chi connectivity index (χ2v) is 5.44. The number of methoxy groups -OCH3 is 1. The highest BCUT2D eigenvalue weighted by molar-refractivity contribution is 6.33. The smallest absolute Gasteiger partial charge is 0.339 e. The van der Waals surface area contributed by atoms with Gasteiger partial charge in [0, 0.05) is 25.6 Å². The number of rotatable bonds is 8. The van der Waals surface area contributed by atoms with Crippen molar-refractivity contribution in [3.63, 3.8) is 0 Å². The maximum atomic E-state index is 11.9. The Morgan fingerprint density at radius 3 is 2.57 bits per heavy atom. The van der Waals surface area contributed by atoms with E-state index in [0.717, 1.165) is 19.3 Å². The summed E-state index contributed by atoms with van der Waals surface area (Å²) in [5, 5.41) is 5.70. The Kier molecular flexibility index (Phi) is 8.11. The van der Waals surface area contributed by atoms with Gasteiger partial charge in [-0.3, -0.25) is 9.59 Å². The van der Waals surface area contributed by atoms with Gasteiger partial charge in [0.25, 0.3) is 0 Å². The van der Waals surface area contributed by atoms with E-state index < -0.39 is 5.97 Å². The van der Waals surface area contributed by atoms with Crippen LogP contribution in [0.25, 0.3) is 0 Å². The summed E-state index contributed by atoms with van der Waals surface area (Å²) in [6, 6.07) is 4.66. The zero-order valence-electron chi connectivity index (χ0n) is 13.3. The van der Waals surface area contributed by atoms with Gasteiger partial charge in [-0.1, -0.05) is 18.0 Å². The standard InChI is InChI=1S/C16H21ClN2O4/c1-11(20)18-9-5-3-4-6-15(21)19-12-7-8-14(17)13(10-12)16(22)23-2/h7-8,10H,3-6,9H2,1-2H3,(H,18,20)(H,19,21). The van der Waals surface area contributed by atoms with Gasteiger partial charge < -0.3 is 15.4 Å². The maximum absolute atomic E-state index is 11.9. The fraction of sp³-hybridized carbons (Fsp3) is 0.438. The molecule has 0 aliphatic heterocycles. The number of esters is 1. The Labute approximate surface area is 140 Å². The summed E-state index contributed by atoms with van der Waals surface area (Å²) in [6.45, 7) is 2.10. The topological polar surface area (TPSA) is 84.5 Å². The van der Waals surface area contributed by atoms with Crippen LogP contribution in [0.4, 0.5) is 5.69 Å². The SMILES string of the molecule is COC(=O)c1cc(NC(=O)CCCCCNC(C)=O)ccc1Cl. The number of hydrogen-bond acceptors (Lipinski definition) is 4. The van der Waals surface area contributed by atoms with Crippen LogP contribution in [0, 0.1) is 0 Å². The molecule has 0 radical (unpaired) electrons. The molecule has 0 aliphatic rings. The van der Waals surface area contributed by atoms with Crippen molar-refractivity contribution in [2.75, 3.05) is 19.0 Å². The molecule has 0 saturated heterocycles. The van der Waals surface area contributed by atoms with Gasteiger partial charge in [0.2, 0.25) is 11.8 Å². The highest BCUT2D eigenvalue weighted by Crippen LogP contribution is 2.21. The lowest BCUT2D eigenvalue weighted by Gasteiger charge is -2.08. The van der Waals surface area contributed by atoms with Gasteiger partial charge in [-0.2, -0.15) is 0 Å². The van der Waals surface area contributed by atoms with Gasteiger partial charge in [-0.15, -0.1) is 0 Å². The first-order valence-electron chi connectivity index (χ1n) is 7.36. The van der Waals surface area contributed by atoms with Crippen LogP contribution in [-0.4, -0.2) is 31.4 Å². The van der Waals surface area contributed by atoms with E-state index in [9.17, 15) is 14.4 Å². The average molecular weight is 341 g/mol. The number of anilines is 1. The van der Waals surface area contributed by atoms with E-state index in [0.29, 0.717) is 18.7 Å². The van der Waals surface area contributed by atoms with E-state index in [4.69, 9.17) is 11.6 Å². The van der Waals surface area contributed by atoms with Gasteiger partial charge in [-0.05, 0) is 31.0 Å². The van der Waals surface area contributed by atoms with Crippen molar-refractivity contribution in [3.8, 4) is 0 Å². The van der Waals surface area contributed by atoms with Crippen LogP contribution in [0.2, 0.25) is 5.02 Å². The zero-order valence-corrected chi connectivity index (χ0v) is 14.0. The number of halogens is 1. The molecule has 2 amide bonds. The Morgan fingerprint density at radius 2 is 1.91 bits per heavy atom. The van der Waals surface area contributed by atoms with Crippen LogP contribution in [0.5, 0.6) is 0 Å². The molecule has 0 spiro atoms. The predicted octanol–water partition coefficient (Wildman–Crippen LogP) is 2.76. The van der Waals surface area contributed by atoms with E-state index >= 15 is 0 Å². The first-order valence-corrected chi connectivity index (χ1v) is 7.74. The number of ether oxygens (including phenoxy) is 1. The number of amides is 2. The Balaban J connectivity index is 2.40. The molecule has 0 bridgehead atoms. The molecule has 0 aliphatic carbocycles. The Hall–Kier alpha value is -2.08. The van der Waals surface area contributed by atoms with Crippen molar-refractivity contribution in [2.24, 2.45) is 0 Å². The number of carbonyl (C=O) groups excluding carboxylic acids is 3. The first-order chi connectivity index (χ1) is 10.9. The second-order valence-electron chi connectivity index (χ2n) is 5.03. The summed E-state index contributed by atoms with van der Waals surface area (Å²) in [6.07, 6.45) is 2.78. The lowest BCUT2D eigenvalue weighted by atomic mass is 10.1. The van der Waals surface area contributed by atoms with E-state index in [1.54, 1.807) is 6.07 Å². The largest absolute Gasteiger partial charge is 0.465 e. The molecule has 1 rings (SSSR count). The van der Waals surface area contributed by atoms with Gasteiger partial charge in [-0.25, -0.2) is 4.79 Å². The van der Waals surface area contributed by atoms with Crippen LogP contribution in [0.3, 0.4) is 0 Å². The van der Waals surface area contributed by atoms with Crippen molar-refractivity contribution >= 4 is 35.1 Å². The molecule has 0 unspecified atom stereocenters. The fourth-order valence-corrected chi connectivity index (χ4v) is 2.14. The number of unbranched alkanes of at least 4 members (excludes halogenated alkanes) is 2. The van der Waals surface area contributed by atoms with E-state index in [1.807, 2.05) is 0 Å². The molecule has 0 aromatic heterocycles. The van der Waals surface area contributed by atoms with Crippen LogP contribution in [-0.2, 0) is 14.3 Å². The van der Waals surface area contributed by atoms with Crippen molar-refractivity contribution < 1.29 is 19.1 Å². The van der Waals surface area contributed by atoms with Crippen molar-refractivity contribution in [1.82, 2.24) is 5.32 Å². The van der Waals surface area contributed by atoms with Crippen molar-refractivity contribution in [1.29, 1.82) is 0 Å². The third-order valence-electron chi connectivity index (χ3n) is 3.11. The van der Waals surface area contributed by atoms with Gasteiger partial charge in [0.05, 0.1) is 17.7 Å². The van der Waals surface area contributed by atoms with Crippen LogP contribution >= 0.6 is 11.6 Å². The summed E-state index contributed by atoms with van der Waals surface area (Å²) in [4.78, 5) is 34.1. The zero-order chi connectivity index (χ0) is 17.2. The molecule has 6 nitrogen and oxygen atoms in total. The van der Waals surface area contributed by atoms with Gasteiger partial charge >= 0.3 is 5.97 Å². The minimum Gasteiger partial charge on any atom is -0.465 e. The van der Waals surface area contributed by atoms with Crippen LogP contribution < -0.4 is 10.6 Å². The molecule has 126 valence electrons. The highest BCUT2D eigenvalue weighted by atomic mass is 35.5. The molecular weight excluding hydrogens is 320 g/mol. The number of nitrogens with one attached hydrogen (secondary N) is 2. The van der Waals surface area contributed by atoms with Crippen LogP contribution in [0.1, 0.15) is 43.0 Å². The summed E-state index contributed by atoms with van der Waals surface area (Å²) in [5.41, 5.74) is 0.709. The van der Waals surface area contributed by atoms with Gasteiger partial charge in [0.15, 0.2) is 0 Å².